The Morgan fingerprint density at radius 3 is 2.23 bits per heavy atom. The first kappa shape index (κ1) is 29.9. The zero-order valence-corrected chi connectivity index (χ0v) is 24.1. The minimum Gasteiger partial charge on any atom is -0.449 e. The van der Waals surface area contributed by atoms with Gasteiger partial charge in [0.1, 0.15) is 0 Å². The van der Waals surface area contributed by atoms with Crippen LogP contribution in [0.25, 0.3) is 0 Å². The molecular formula is C33H37ClN2O3. The monoisotopic (exact) mass is 544 g/mol. The summed E-state index contributed by atoms with van der Waals surface area (Å²) in [5.74, 6) is -0.920. The van der Waals surface area contributed by atoms with Gasteiger partial charge in [-0.25, -0.2) is 0 Å². The van der Waals surface area contributed by atoms with E-state index in [4.69, 9.17) is 16.3 Å². The number of nitrogens with one attached hydrogen (secondary N) is 1. The molecule has 0 spiro atoms. The van der Waals surface area contributed by atoms with E-state index in [2.05, 4.69) is 11.4 Å². The number of benzene rings is 3. The number of nitrogens with zero attached hydrogens (tertiary/aromatic N) is 1. The van der Waals surface area contributed by atoms with Crippen molar-refractivity contribution in [3.63, 3.8) is 0 Å². The van der Waals surface area contributed by atoms with Gasteiger partial charge in [-0.05, 0) is 66.6 Å². The third kappa shape index (κ3) is 8.97. The van der Waals surface area contributed by atoms with Crippen LogP contribution in [0.4, 0.5) is 0 Å². The second-order valence-electron chi connectivity index (χ2n) is 11.5. The van der Waals surface area contributed by atoms with Gasteiger partial charge in [-0.3, -0.25) is 9.59 Å². The fourth-order valence-electron chi connectivity index (χ4n) is 4.63. The van der Waals surface area contributed by atoms with Crippen LogP contribution in [0.2, 0.25) is 5.02 Å². The molecule has 0 aliphatic heterocycles. The molecule has 0 aliphatic rings. The molecule has 0 aromatic heterocycles. The van der Waals surface area contributed by atoms with Crippen molar-refractivity contribution in [1.82, 2.24) is 5.32 Å². The lowest BCUT2D eigenvalue weighted by molar-refractivity contribution is -0.168. The first-order valence-corrected chi connectivity index (χ1v) is 13.6. The maximum absolute atomic E-state index is 13.9. The lowest BCUT2D eigenvalue weighted by Gasteiger charge is -2.33. The fraction of sp³-hybridized carbons (Fsp3) is 0.364. The summed E-state index contributed by atoms with van der Waals surface area (Å²) in [5, 5.41) is 13.3. The highest BCUT2D eigenvalue weighted by molar-refractivity contribution is 6.30. The number of esters is 1. The topological polar surface area (TPSA) is 79.2 Å². The predicted octanol–water partition coefficient (Wildman–Crippen LogP) is 7.02. The van der Waals surface area contributed by atoms with Crippen molar-refractivity contribution in [2.75, 3.05) is 0 Å². The van der Waals surface area contributed by atoms with Crippen molar-refractivity contribution in [3.8, 4) is 6.07 Å². The molecule has 0 radical (unpaired) electrons. The number of rotatable bonds is 10. The average molecular weight is 545 g/mol. The zero-order chi connectivity index (χ0) is 28.6. The number of nitriles is 1. The molecule has 3 aromatic rings. The van der Waals surface area contributed by atoms with Crippen molar-refractivity contribution in [2.24, 2.45) is 5.41 Å². The third-order valence-corrected chi connectivity index (χ3v) is 6.91. The summed E-state index contributed by atoms with van der Waals surface area (Å²) in [6, 6.07) is 26.5. The van der Waals surface area contributed by atoms with Gasteiger partial charge in [-0.2, -0.15) is 5.26 Å². The average Bonchev–Trinajstić information content (AvgIpc) is 2.87. The van der Waals surface area contributed by atoms with Crippen molar-refractivity contribution in [2.45, 2.75) is 71.4 Å². The third-order valence-electron chi connectivity index (χ3n) is 6.65. The van der Waals surface area contributed by atoms with Gasteiger partial charge in [-0.1, -0.05) is 87.0 Å². The molecule has 0 aliphatic carbocycles. The maximum Gasteiger partial charge on any atom is 0.307 e. The standard InChI is InChI=1S/C33H37ClN2O3/c1-23(29(19-24-14-16-28(34)17-15-24)27-13-9-12-26(18-27)22-35)36-31(38)33(5,20-25-10-7-6-8-11-25)39-30(37)21-32(2,3)4/h6-18,23,29H,19-21H2,1-5H3,(H,36,38)/t23-,29+,33+/m0/s1. The number of hydrogen-bond acceptors (Lipinski definition) is 4. The Kier molecular flexibility index (Phi) is 9.94. The van der Waals surface area contributed by atoms with E-state index in [1.54, 1.807) is 13.0 Å². The van der Waals surface area contributed by atoms with E-state index in [1.165, 1.54) is 0 Å². The van der Waals surface area contributed by atoms with E-state index in [1.807, 2.05) is 100 Å². The molecule has 39 heavy (non-hydrogen) atoms. The molecule has 1 N–H and O–H groups in total. The van der Waals surface area contributed by atoms with Gasteiger partial charge in [0.2, 0.25) is 0 Å². The van der Waals surface area contributed by atoms with Crippen LogP contribution in [0, 0.1) is 16.7 Å². The Hall–Kier alpha value is -3.62. The minimum absolute atomic E-state index is 0.144. The van der Waals surface area contributed by atoms with Crippen LogP contribution >= 0.6 is 11.6 Å². The van der Waals surface area contributed by atoms with Gasteiger partial charge in [0.15, 0.2) is 5.60 Å². The quantitative estimate of drug-likeness (QED) is 0.278. The molecule has 0 saturated carbocycles. The van der Waals surface area contributed by atoms with Gasteiger partial charge in [0.25, 0.3) is 5.91 Å². The molecular weight excluding hydrogens is 508 g/mol. The van der Waals surface area contributed by atoms with Gasteiger partial charge in [0, 0.05) is 23.4 Å². The molecule has 0 fully saturated rings. The summed E-state index contributed by atoms with van der Waals surface area (Å²) in [6.07, 6.45) is 1.06. The summed E-state index contributed by atoms with van der Waals surface area (Å²) in [5.41, 5.74) is 1.76. The van der Waals surface area contributed by atoms with Crippen LogP contribution in [-0.4, -0.2) is 23.5 Å². The molecule has 0 heterocycles. The highest BCUT2D eigenvalue weighted by atomic mass is 35.5. The number of halogens is 1. The molecule has 0 bridgehead atoms. The first-order chi connectivity index (χ1) is 18.4. The number of hydrogen-bond donors (Lipinski definition) is 1. The Balaban J connectivity index is 1.91. The normalized spacial score (nSPS) is 14.4. The van der Waals surface area contributed by atoms with Crippen molar-refractivity contribution >= 4 is 23.5 Å². The van der Waals surface area contributed by atoms with Crippen LogP contribution in [0.3, 0.4) is 0 Å². The maximum atomic E-state index is 13.9. The highest BCUT2D eigenvalue weighted by Gasteiger charge is 2.40. The van der Waals surface area contributed by atoms with E-state index >= 15 is 0 Å². The Bertz CT molecular complexity index is 1310. The lowest BCUT2D eigenvalue weighted by atomic mass is 9.85. The number of ether oxygens (including phenoxy) is 1. The van der Waals surface area contributed by atoms with Gasteiger partial charge in [0.05, 0.1) is 18.1 Å². The molecule has 1 amide bonds. The zero-order valence-electron chi connectivity index (χ0n) is 23.3. The molecule has 3 atom stereocenters. The summed E-state index contributed by atoms with van der Waals surface area (Å²) in [6.45, 7) is 9.50. The summed E-state index contributed by atoms with van der Waals surface area (Å²) in [4.78, 5) is 26.8. The number of carbonyl (C=O) groups excluding carboxylic acids is 2. The highest BCUT2D eigenvalue weighted by Crippen LogP contribution is 2.29. The van der Waals surface area contributed by atoms with Gasteiger partial charge < -0.3 is 10.1 Å². The SMILES string of the molecule is C[C@H](NC(=O)[C@@](C)(Cc1ccccc1)OC(=O)CC(C)(C)C)[C@@H](Cc1ccc(Cl)cc1)c1cccc(C#N)c1. The Morgan fingerprint density at radius 1 is 0.949 bits per heavy atom. The van der Waals surface area contributed by atoms with Crippen LogP contribution in [0.15, 0.2) is 78.9 Å². The molecule has 3 rings (SSSR count). The van der Waals surface area contributed by atoms with Crippen molar-refractivity contribution in [1.29, 1.82) is 5.26 Å². The minimum atomic E-state index is -1.41. The van der Waals surface area contributed by atoms with Gasteiger partial charge >= 0.3 is 5.97 Å². The van der Waals surface area contributed by atoms with E-state index in [0.29, 0.717) is 17.0 Å². The number of amides is 1. The summed E-state index contributed by atoms with van der Waals surface area (Å²) >= 11 is 6.10. The molecule has 6 heteroatoms. The second kappa shape index (κ2) is 13.0. The van der Waals surface area contributed by atoms with E-state index in [9.17, 15) is 14.9 Å². The second-order valence-corrected chi connectivity index (χ2v) is 12.0. The van der Waals surface area contributed by atoms with Crippen molar-refractivity contribution < 1.29 is 14.3 Å². The lowest BCUT2D eigenvalue weighted by Crippen LogP contribution is -2.53. The van der Waals surface area contributed by atoms with Gasteiger partial charge in [-0.15, -0.1) is 0 Å². The summed E-state index contributed by atoms with van der Waals surface area (Å²) in [7, 11) is 0. The Labute approximate surface area is 237 Å². The smallest absolute Gasteiger partial charge is 0.307 e. The number of carbonyl (C=O) groups is 2. The fourth-order valence-corrected chi connectivity index (χ4v) is 4.75. The largest absolute Gasteiger partial charge is 0.449 e. The molecule has 0 unspecified atom stereocenters. The van der Waals surface area contributed by atoms with Crippen LogP contribution in [-0.2, 0) is 27.2 Å². The van der Waals surface area contributed by atoms with Crippen LogP contribution in [0.5, 0.6) is 0 Å². The molecule has 204 valence electrons. The Morgan fingerprint density at radius 2 is 1.62 bits per heavy atom. The molecule has 3 aromatic carbocycles. The summed E-state index contributed by atoms with van der Waals surface area (Å²) < 4.78 is 5.93. The van der Waals surface area contributed by atoms with E-state index < -0.39 is 11.6 Å². The molecule has 5 nitrogen and oxygen atoms in total. The van der Waals surface area contributed by atoms with Crippen LogP contribution < -0.4 is 5.32 Å². The molecule has 0 saturated heterocycles. The van der Waals surface area contributed by atoms with Crippen molar-refractivity contribution in [3.05, 3.63) is 106 Å². The first-order valence-electron chi connectivity index (χ1n) is 13.2. The van der Waals surface area contributed by atoms with Crippen LogP contribution in [0.1, 0.15) is 69.2 Å². The van der Waals surface area contributed by atoms with E-state index in [-0.39, 0.29) is 36.1 Å². The van der Waals surface area contributed by atoms with E-state index in [0.717, 1.165) is 16.7 Å². The predicted molar refractivity (Wildman–Crippen MR) is 155 cm³/mol.